The van der Waals surface area contributed by atoms with Gasteiger partial charge in [-0.1, -0.05) is 39.5 Å². The molecule has 0 saturated carbocycles. The highest BCUT2D eigenvalue weighted by Crippen LogP contribution is 2.27. The first-order valence-corrected chi connectivity index (χ1v) is 7.95. The first-order chi connectivity index (χ1) is 9.62. The van der Waals surface area contributed by atoms with Crippen molar-refractivity contribution < 1.29 is 19.1 Å². The summed E-state index contributed by atoms with van der Waals surface area (Å²) in [6.45, 7) is 8.33. The lowest BCUT2D eigenvalue weighted by Gasteiger charge is -2.24. The molecule has 0 radical (unpaired) electrons. The van der Waals surface area contributed by atoms with Gasteiger partial charge in [-0.15, -0.1) is 0 Å². The number of ether oxygens (including phenoxy) is 2. The average Bonchev–Trinajstić information content (AvgIpc) is 2.42. The maximum Gasteiger partial charge on any atom is 0.320 e. The molecule has 0 bridgehead atoms. The Morgan fingerprint density at radius 3 is 1.50 bits per heavy atom. The number of hydrogen-bond donors (Lipinski definition) is 0. The maximum atomic E-state index is 12.1. The molecule has 0 heterocycles. The molecule has 0 rings (SSSR count). The molecular formula is C16H30O4. The van der Waals surface area contributed by atoms with E-state index in [1.54, 1.807) is 13.8 Å². The van der Waals surface area contributed by atoms with Crippen molar-refractivity contribution in [1.29, 1.82) is 0 Å². The number of carbonyl (C=O) groups excluding carboxylic acids is 2. The molecule has 0 aliphatic rings. The Morgan fingerprint density at radius 1 is 0.800 bits per heavy atom. The van der Waals surface area contributed by atoms with Crippen molar-refractivity contribution in [2.24, 2.45) is 11.8 Å². The van der Waals surface area contributed by atoms with Crippen molar-refractivity contribution >= 4 is 11.9 Å². The van der Waals surface area contributed by atoms with Crippen LogP contribution in [0.5, 0.6) is 0 Å². The molecule has 0 spiro atoms. The third kappa shape index (κ3) is 6.92. The Morgan fingerprint density at radius 2 is 1.20 bits per heavy atom. The van der Waals surface area contributed by atoms with E-state index < -0.39 is 17.9 Å². The highest BCUT2D eigenvalue weighted by molar-refractivity contribution is 5.95. The standard InChI is InChI=1S/C16H30O4/c1-5-9-11-13(12-10-6-2)14(15(17)19-7-3)16(18)20-8-4/h13-14H,5-12H2,1-4H3. The smallest absolute Gasteiger partial charge is 0.320 e. The summed E-state index contributed by atoms with van der Waals surface area (Å²) >= 11 is 0. The van der Waals surface area contributed by atoms with Gasteiger partial charge in [0, 0.05) is 0 Å². The fraction of sp³-hybridized carbons (Fsp3) is 0.875. The van der Waals surface area contributed by atoms with Crippen LogP contribution in [0.25, 0.3) is 0 Å². The van der Waals surface area contributed by atoms with Gasteiger partial charge >= 0.3 is 11.9 Å². The third-order valence-electron chi connectivity index (χ3n) is 3.41. The van der Waals surface area contributed by atoms with Crippen molar-refractivity contribution in [1.82, 2.24) is 0 Å². The Bertz CT molecular complexity index is 250. The summed E-state index contributed by atoms with van der Waals surface area (Å²) in [6.07, 6.45) is 5.90. The molecular weight excluding hydrogens is 256 g/mol. The highest BCUT2D eigenvalue weighted by Gasteiger charge is 2.36. The van der Waals surface area contributed by atoms with Crippen molar-refractivity contribution in [2.45, 2.75) is 66.2 Å². The minimum Gasteiger partial charge on any atom is -0.465 e. The van der Waals surface area contributed by atoms with E-state index in [0.717, 1.165) is 38.5 Å². The van der Waals surface area contributed by atoms with Crippen LogP contribution >= 0.6 is 0 Å². The number of rotatable bonds is 11. The zero-order valence-corrected chi connectivity index (χ0v) is 13.4. The molecule has 0 amide bonds. The van der Waals surface area contributed by atoms with Gasteiger partial charge in [-0.3, -0.25) is 9.59 Å². The molecule has 0 atom stereocenters. The van der Waals surface area contributed by atoms with E-state index in [0.29, 0.717) is 13.2 Å². The van der Waals surface area contributed by atoms with Gasteiger partial charge in [-0.2, -0.15) is 0 Å². The third-order valence-corrected chi connectivity index (χ3v) is 3.41. The topological polar surface area (TPSA) is 52.6 Å². The van der Waals surface area contributed by atoms with Gasteiger partial charge in [0.05, 0.1) is 13.2 Å². The lowest BCUT2D eigenvalue weighted by atomic mass is 9.84. The van der Waals surface area contributed by atoms with Crippen LogP contribution in [-0.2, 0) is 19.1 Å². The van der Waals surface area contributed by atoms with Crippen molar-refractivity contribution in [3.8, 4) is 0 Å². The van der Waals surface area contributed by atoms with E-state index >= 15 is 0 Å². The average molecular weight is 286 g/mol. The van der Waals surface area contributed by atoms with Crippen LogP contribution in [-0.4, -0.2) is 25.2 Å². The molecule has 0 aromatic carbocycles. The van der Waals surface area contributed by atoms with Crippen LogP contribution in [0.2, 0.25) is 0 Å². The molecule has 0 aromatic rings. The van der Waals surface area contributed by atoms with Gasteiger partial charge < -0.3 is 9.47 Å². The molecule has 0 fully saturated rings. The minimum atomic E-state index is -0.756. The molecule has 0 saturated heterocycles. The Balaban J connectivity index is 4.94. The van der Waals surface area contributed by atoms with E-state index in [1.165, 1.54) is 0 Å². The highest BCUT2D eigenvalue weighted by atomic mass is 16.6. The molecule has 20 heavy (non-hydrogen) atoms. The summed E-state index contributed by atoms with van der Waals surface area (Å²) < 4.78 is 10.1. The van der Waals surface area contributed by atoms with Crippen LogP contribution in [0, 0.1) is 11.8 Å². The fourth-order valence-electron chi connectivity index (χ4n) is 2.36. The number of hydrogen-bond acceptors (Lipinski definition) is 4. The second-order valence-corrected chi connectivity index (χ2v) is 5.03. The molecule has 118 valence electrons. The zero-order valence-electron chi connectivity index (χ0n) is 13.4. The lowest BCUT2D eigenvalue weighted by molar-refractivity contribution is -0.164. The Hall–Kier alpha value is -1.06. The number of unbranched alkanes of at least 4 members (excludes halogenated alkanes) is 2. The van der Waals surface area contributed by atoms with Crippen LogP contribution < -0.4 is 0 Å². The van der Waals surface area contributed by atoms with Crippen molar-refractivity contribution in [3.05, 3.63) is 0 Å². The quantitative estimate of drug-likeness (QED) is 0.429. The molecule has 0 aliphatic heterocycles. The molecule has 0 N–H and O–H groups in total. The summed E-state index contributed by atoms with van der Waals surface area (Å²) in [7, 11) is 0. The number of carbonyl (C=O) groups is 2. The first-order valence-electron chi connectivity index (χ1n) is 7.95. The Labute approximate surface area is 123 Å². The Kier molecular flexibility index (Phi) is 11.1. The van der Waals surface area contributed by atoms with E-state index in [4.69, 9.17) is 9.47 Å². The van der Waals surface area contributed by atoms with E-state index in [9.17, 15) is 9.59 Å². The molecule has 4 heteroatoms. The maximum absolute atomic E-state index is 12.1. The molecule has 0 aromatic heterocycles. The predicted molar refractivity (Wildman–Crippen MR) is 79.3 cm³/mol. The van der Waals surface area contributed by atoms with Crippen LogP contribution in [0.4, 0.5) is 0 Å². The largest absolute Gasteiger partial charge is 0.465 e. The fourth-order valence-corrected chi connectivity index (χ4v) is 2.36. The van der Waals surface area contributed by atoms with Gasteiger partial charge in [0.1, 0.15) is 0 Å². The molecule has 0 unspecified atom stereocenters. The zero-order chi connectivity index (χ0) is 15.4. The minimum absolute atomic E-state index is 0.0352. The van der Waals surface area contributed by atoms with Crippen LogP contribution in [0.3, 0.4) is 0 Å². The summed E-state index contributed by atoms with van der Waals surface area (Å²) in [5.41, 5.74) is 0. The van der Waals surface area contributed by atoms with E-state index in [-0.39, 0.29) is 5.92 Å². The van der Waals surface area contributed by atoms with Gasteiger partial charge in [-0.05, 0) is 32.6 Å². The molecule has 0 aliphatic carbocycles. The van der Waals surface area contributed by atoms with E-state index in [2.05, 4.69) is 13.8 Å². The lowest BCUT2D eigenvalue weighted by Crippen LogP contribution is -2.34. The monoisotopic (exact) mass is 286 g/mol. The van der Waals surface area contributed by atoms with Gasteiger partial charge in [0.2, 0.25) is 0 Å². The van der Waals surface area contributed by atoms with Gasteiger partial charge in [0.25, 0.3) is 0 Å². The predicted octanol–water partition coefficient (Wildman–Crippen LogP) is 3.73. The SMILES string of the molecule is CCCCC(CCCC)C(C(=O)OCC)C(=O)OCC. The number of esters is 2. The van der Waals surface area contributed by atoms with Crippen LogP contribution in [0.15, 0.2) is 0 Å². The second-order valence-electron chi connectivity index (χ2n) is 5.03. The van der Waals surface area contributed by atoms with Crippen LogP contribution in [0.1, 0.15) is 66.2 Å². The molecule has 4 nitrogen and oxygen atoms in total. The summed E-state index contributed by atoms with van der Waals surface area (Å²) in [5.74, 6) is -1.58. The van der Waals surface area contributed by atoms with Crippen molar-refractivity contribution in [2.75, 3.05) is 13.2 Å². The normalized spacial score (nSPS) is 10.9. The first kappa shape index (κ1) is 18.9. The van der Waals surface area contributed by atoms with E-state index in [1.807, 2.05) is 0 Å². The van der Waals surface area contributed by atoms with Gasteiger partial charge in [-0.25, -0.2) is 0 Å². The second kappa shape index (κ2) is 11.7. The summed E-state index contributed by atoms with van der Waals surface area (Å²) in [4.78, 5) is 24.2. The summed E-state index contributed by atoms with van der Waals surface area (Å²) in [5, 5.41) is 0. The van der Waals surface area contributed by atoms with Crippen molar-refractivity contribution in [3.63, 3.8) is 0 Å². The summed E-state index contributed by atoms with van der Waals surface area (Å²) in [6, 6.07) is 0. The van der Waals surface area contributed by atoms with Gasteiger partial charge in [0.15, 0.2) is 5.92 Å².